The van der Waals surface area contributed by atoms with E-state index in [9.17, 15) is 0 Å². The number of hydrogen-bond acceptors (Lipinski definition) is 2. The fourth-order valence-corrected chi connectivity index (χ4v) is 0.870. The number of pyridine rings is 1. The maximum atomic E-state index is 5.68. The smallest absolute Gasteiger partial charge is 0.112 e. The van der Waals surface area contributed by atoms with Crippen molar-refractivity contribution in [3.63, 3.8) is 0 Å². The molecule has 48 valence electrons. The predicted molar refractivity (Wildman–Crippen MR) is 41.2 cm³/mol. The van der Waals surface area contributed by atoms with Gasteiger partial charge in [0.1, 0.15) is 5.03 Å². The van der Waals surface area contributed by atoms with Gasteiger partial charge in [0, 0.05) is 6.20 Å². The first-order valence-corrected chi connectivity index (χ1v) is 3.34. The van der Waals surface area contributed by atoms with Gasteiger partial charge in [0.15, 0.2) is 0 Å². The van der Waals surface area contributed by atoms with Gasteiger partial charge in [-0.1, -0.05) is 11.6 Å². The Kier molecular flexibility index (Phi) is 1.98. The third kappa shape index (κ3) is 1.60. The molecule has 0 spiro atoms. The molecule has 1 nitrogen and oxygen atoms in total. The van der Waals surface area contributed by atoms with E-state index in [0.717, 1.165) is 5.56 Å². The largest absolute Gasteiger partial charge is 0.248 e. The third-order valence-corrected chi connectivity index (χ3v) is 1.73. The topological polar surface area (TPSA) is 12.9 Å². The van der Waals surface area contributed by atoms with Crippen molar-refractivity contribution in [2.75, 3.05) is 0 Å². The maximum absolute atomic E-state index is 5.68. The minimum Gasteiger partial charge on any atom is -0.248 e. The van der Waals surface area contributed by atoms with E-state index in [1.165, 1.54) is 0 Å². The summed E-state index contributed by atoms with van der Waals surface area (Å²) in [6.45, 7) is 1.94. The Hall–Kier alpha value is -0.210. The molecular formula is C6H6ClNS. The normalized spacial score (nSPS) is 9.67. The summed E-state index contributed by atoms with van der Waals surface area (Å²) < 4.78 is 0. The minimum absolute atomic E-state index is 0.585. The lowest BCUT2D eigenvalue weighted by Gasteiger charge is -1.94. The Bertz CT molecular complexity index is 224. The van der Waals surface area contributed by atoms with Crippen LogP contribution in [0.4, 0.5) is 0 Å². The first-order chi connectivity index (χ1) is 4.20. The summed E-state index contributed by atoms with van der Waals surface area (Å²) >= 11 is 9.68. The maximum Gasteiger partial charge on any atom is 0.112 e. The van der Waals surface area contributed by atoms with Crippen molar-refractivity contribution in [3.05, 3.63) is 22.8 Å². The molecule has 0 bridgehead atoms. The lowest BCUT2D eigenvalue weighted by molar-refractivity contribution is 1.12. The monoisotopic (exact) mass is 159 g/mol. The lowest BCUT2D eigenvalue weighted by atomic mass is 10.3. The van der Waals surface area contributed by atoms with Crippen LogP contribution in [0.3, 0.4) is 0 Å². The van der Waals surface area contributed by atoms with Crippen molar-refractivity contribution in [2.45, 2.75) is 11.9 Å². The average molecular weight is 160 g/mol. The van der Waals surface area contributed by atoms with Crippen molar-refractivity contribution < 1.29 is 0 Å². The van der Waals surface area contributed by atoms with Gasteiger partial charge >= 0.3 is 0 Å². The standard InChI is InChI=1S/C6H6ClNS/c1-4-2-5(7)6(9)8-3-4/h2-3H,1H3,(H,8,9). The fourth-order valence-electron chi connectivity index (χ4n) is 0.526. The summed E-state index contributed by atoms with van der Waals surface area (Å²) in [7, 11) is 0. The summed E-state index contributed by atoms with van der Waals surface area (Å²) in [5.74, 6) is 0. The molecule has 0 aliphatic rings. The molecule has 1 rings (SSSR count). The summed E-state index contributed by atoms with van der Waals surface area (Å²) in [6.07, 6.45) is 1.73. The molecule has 0 saturated heterocycles. The molecule has 3 heteroatoms. The van der Waals surface area contributed by atoms with Gasteiger partial charge < -0.3 is 0 Å². The summed E-state index contributed by atoms with van der Waals surface area (Å²) in [5, 5.41) is 1.20. The fraction of sp³-hybridized carbons (Fsp3) is 0.167. The van der Waals surface area contributed by atoms with Crippen LogP contribution in [0.15, 0.2) is 17.3 Å². The van der Waals surface area contributed by atoms with E-state index < -0.39 is 0 Å². The second kappa shape index (κ2) is 2.58. The Morgan fingerprint density at radius 1 is 1.67 bits per heavy atom. The molecule has 0 amide bonds. The predicted octanol–water partition coefficient (Wildman–Crippen LogP) is 2.33. The molecule has 9 heavy (non-hydrogen) atoms. The highest BCUT2D eigenvalue weighted by Crippen LogP contribution is 2.16. The zero-order valence-electron chi connectivity index (χ0n) is 4.93. The summed E-state index contributed by atoms with van der Waals surface area (Å²) in [5.41, 5.74) is 1.05. The molecule has 1 aromatic rings. The van der Waals surface area contributed by atoms with Crippen LogP contribution in [0.1, 0.15) is 5.56 Å². The summed E-state index contributed by atoms with van der Waals surface area (Å²) in [6, 6.07) is 1.83. The van der Waals surface area contributed by atoms with E-state index in [-0.39, 0.29) is 0 Å². The average Bonchev–Trinajstić information content (AvgIpc) is 1.80. The SMILES string of the molecule is Cc1cnc(S)c(Cl)c1. The molecule has 0 aromatic carbocycles. The van der Waals surface area contributed by atoms with Crippen LogP contribution in [0.5, 0.6) is 0 Å². The zero-order chi connectivity index (χ0) is 6.85. The highest BCUT2D eigenvalue weighted by atomic mass is 35.5. The second-order valence-electron chi connectivity index (χ2n) is 1.82. The van der Waals surface area contributed by atoms with Crippen LogP contribution in [0, 0.1) is 6.92 Å². The number of hydrogen-bond donors (Lipinski definition) is 1. The molecule has 1 aromatic heterocycles. The van der Waals surface area contributed by atoms with E-state index in [1.807, 2.05) is 13.0 Å². The molecule has 0 aliphatic carbocycles. The highest BCUT2D eigenvalue weighted by Gasteiger charge is 1.94. The van der Waals surface area contributed by atoms with Crippen molar-refractivity contribution in [2.24, 2.45) is 0 Å². The molecule has 0 unspecified atom stereocenters. The quantitative estimate of drug-likeness (QED) is 0.574. The van der Waals surface area contributed by atoms with Gasteiger partial charge in [0.05, 0.1) is 5.02 Å². The Labute approximate surface area is 64.5 Å². The van der Waals surface area contributed by atoms with Crippen molar-refractivity contribution in [1.29, 1.82) is 0 Å². The molecule has 0 N–H and O–H groups in total. The van der Waals surface area contributed by atoms with E-state index in [1.54, 1.807) is 6.20 Å². The first-order valence-electron chi connectivity index (χ1n) is 2.51. The first kappa shape index (κ1) is 6.90. The third-order valence-electron chi connectivity index (χ3n) is 0.958. The Morgan fingerprint density at radius 2 is 2.33 bits per heavy atom. The van der Waals surface area contributed by atoms with Gasteiger partial charge in [0.25, 0.3) is 0 Å². The lowest BCUT2D eigenvalue weighted by Crippen LogP contribution is -1.78. The van der Waals surface area contributed by atoms with E-state index in [0.29, 0.717) is 10.0 Å². The number of nitrogens with zero attached hydrogens (tertiary/aromatic N) is 1. The Morgan fingerprint density at radius 3 is 2.78 bits per heavy atom. The zero-order valence-corrected chi connectivity index (χ0v) is 6.58. The van der Waals surface area contributed by atoms with Gasteiger partial charge in [-0.05, 0) is 18.6 Å². The molecule has 1 heterocycles. The van der Waals surface area contributed by atoms with Crippen LogP contribution in [-0.2, 0) is 0 Å². The van der Waals surface area contributed by atoms with Gasteiger partial charge in [-0.15, -0.1) is 12.6 Å². The Balaban J connectivity index is 3.17. The van der Waals surface area contributed by atoms with Gasteiger partial charge in [-0.2, -0.15) is 0 Å². The van der Waals surface area contributed by atoms with Gasteiger partial charge in [-0.25, -0.2) is 4.98 Å². The number of aromatic nitrogens is 1. The van der Waals surface area contributed by atoms with Crippen LogP contribution in [-0.4, -0.2) is 4.98 Å². The molecule has 0 atom stereocenters. The van der Waals surface area contributed by atoms with Crippen LogP contribution < -0.4 is 0 Å². The van der Waals surface area contributed by atoms with Crippen LogP contribution in [0.25, 0.3) is 0 Å². The van der Waals surface area contributed by atoms with E-state index in [4.69, 9.17) is 11.6 Å². The molecule has 0 saturated carbocycles. The second-order valence-corrected chi connectivity index (χ2v) is 2.65. The summed E-state index contributed by atoms with van der Waals surface area (Å²) in [4.78, 5) is 3.91. The van der Waals surface area contributed by atoms with Crippen molar-refractivity contribution >= 4 is 24.2 Å². The van der Waals surface area contributed by atoms with E-state index >= 15 is 0 Å². The van der Waals surface area contributed by atoms with Crippen molar-refractivity contribution in [3.8, 4) is 0 Å². The molecule has 0 aliphatic heterocycles. The molecular weight excluding hydrogens is 154 g/mol. The highest BCUT2D eigenvalue weighted by molar-refractivity contribution is 7.80. The number of aryl methyl sites for hydroxylation is 1. The van der Waals surface area contributed by atoms with Crippen LogP contribution in [0.2, 0.25) is 5.02 Å². The number of thiol groups is 1. The minimum atomic E-state index is 0.585. The van der Waals surface area contributed by atoms with E-state index in [2.05, 4.69) is 17.6 Å². The van der Waals surface area contributed by atoms with Gasteiger partial charge in [0.2, 0.25) is 0 Å². The molecule has 0 radical (unpaired) electrons. The van der Waals surface area contributed by atoms with Crippen molar-refractivity contribution in [1.82, 2.24) is 4.98 Å². The number of halogens is 1. The van der Waals surface area contributed by atoms with Gasteiger partial charge in [-0.3, -0.25) is 0 Å². The van der Waals surface area contributed by atoms with Crippen LogP contribution >= 0.6 is 24.2 Å². The number of rotatable bonds is 0. The molecule has 0 fully saturated rings.